The molecule has 0 fully saturated rings. The molecule has 5 heteroatoms. The zero-order valence-electron chi connectivity index (χ0n) is 9.64. The largest absolute Gasteiger partial charge is 0.505 e. The molecule has 1 heterocycles. The lowest BCUT2D eigenvalue weighted by atomic mass is 10.2. The van der Waals surface area contributed by atoms with Gasteiger partial charge in [-0.3, -0.25) is 4.79 Å². The highest BCUT2D eigenvalue weighted by molar-refractivity contribution is 9.10. The number of hydrogen-bond acceptors (Lipinski definition) is 3. The van der Waals surface area contributed by atoms with E-state index in [1.165, 1.54) is 12.3 Å². The van der Waals surface area contributed by atoms with Crippen molar-refractivity contribution in [3.63, 3.8) is 0 Å². The number of carbonyl (C=O) groups is 1. The summed E-state index contributed by atoms with van der Waals surface area (Å²) in [7, 11) is 0. The molecular weight excluding hydrogens is 296 g/mol. The Morgan fingerprint density at radius 1 is 1.39 bits per heavy atom. The number of carbonyl (C=O) groups excluding carboxylic acids is 1. The Labute approximate surface area is 113 Å². The van der Waals surface area contributed by atoms with Crippen LogP contribution in [0, 0.1) is 6.92 Å². The highest BCUT2D eigenvalue weighted by Crippen LogP contribution is 2.20. The summed E-state index contributed by atoms with van der Waals surface area (Å²) >= 11 is 3.36. The molecule has 4 nitrogen and oxygen atoms in total. The molecule has 0 atom stereocenters. The van der Waals surface area contributed by atoms with Gasteiger partial charge in [-0.05, 0) is 42.8 Å². The minimum Gasteiger partial charge on any atom is -0.505 e. The summed E-state index contributed by atoms with van der Waals surface area (Å²) in [6.07, 6.45) is 1.46. The van der Waals surface area contributed by atoms with Gasteiger partial charge in [-0.1, -0.05) is 15.9 Å². The smallest absolute Gasteiger partial charge is 0.278 e. The summed E-state index contributed by atoms with van der Waals surface area (Å²) in [5.74, 6) is -0.577. The van der Waals surface area contributed by atoms with E-state index in [9.17, 15) is 9.90 Å². The van der Waals surface area contributed by atoms with E-state index in [-0.39, 0.29) is 11.4 Å². The topological polar surface area (TPSA) is 62.2 Å². The Morgan fingerprint density at radius 3 is 2.83 bits per heavy atom. The van der Waals surface area contributed by atoms with Crippen LogP contribution in [0.5, 0.6) is 5.75 Å². The van der Waals surface area contributed by atoms with Gasteiger partial charge in [0.15, 0.2) is 5.69 Å². The Morgan fingerprint density at radius 2 is 2.17 bits per heavy atom. The maximum absolute atomic E-state index is 11.9. The van der Waals surface area contributed by atoms with Gasteiger partial charge in [0.25, 0.3) is 5.91 Å². The summed E-state index contributed by atoms with van der Waals surface area (Å²) in [5.41, 5.74) is 1.68. The van der Waals surface area contributed by atoms with E-state index in [0.29, 0.717) is 5.69 Å². The molecule has 0 spiro atoms. The van der Waals surface area contributed by atoms with E-state index in [1.807, 2.05) is 19.1 Å². The van der Waals surface area contributed by atoms with Crippen LogP contribution < -0.4 is 5.32 Å². The second kappa shape index (κ2) is 5.18. The maximum Gasteiger partial charge on any atom is 0.278 e. The monoisotopic (exact) mass is 306 g/mol. The van der Waals surface area contributed by atoms with Crippen molar-refractivity contribution < 1.29 is 9.90 Å². The third-order valence-corrected chi connectivity index (χ3v) is 2.76. The molecule has 2 rings (SSSR count). The molecule has 0 bridgehead atoms. The lowest BCUT2D eigenvalue weighted by Gasteiger charge is -2.07. The maximum atomic E-state index is 11.9. The molecule has 1 aromatic heterocycles. The van der Waals surface area contributed by atoms with Gasteiger partial charge in [-0.15, -0.1) is 0 Å². The van der Waals surface area contributed by atoms with Crippen molar-refractivity contribution >= 4 is 27.5 Å². The highest BCUT2D eigenvalue weighted by Gasteiger charge is 2.12. The number of anilines is 1. The van der Waals surface area contributed by atoms with Gasteiger partial charge < -0.3 is 10.4 Å². The number of aryl methyl sites for hydroxylation is 1. The van der Waals surface area contributed by atoms with Crippen LogP contribution in [0.1, 0.15) is 16.1 Å². The first-order chi connectivity index (χ1) is 8.56. The summed E-state index contributed by atoms with van der Waals surface area (Å²) in [5, 5.41) is 12.2. The first-order valence-corrected chi connectivity index (χ1v) is 6.08. The molecule has 2 N–H and O–H groups in total. The molecule has 0 saturated heterocycles. The normalized spacial score (nSPS) is 10.1. The molecular formula is C13H11BrN2O2. The minimum absolute atomic E-state index is 0.00938. The standard InChI is InChI=1S/C13H11BrN2O2/c1-8-5-9(14)7-10(6-8)16-13(18)12-11(17)3-2-4-15-12/h2-7,17H,1H3,(H,16,18). The fourth-order valence-electron chi connectivity index (χ4n) is 1.57. The lowest BCUT2D eigenvalue weighted by Crippen LogP contribution is -2.13. The van der Waals surface area contributed by atoms with Gasteiger partial charge in [-0.25, -0.2) is 4.98 Å². The number of pyridine rings is 1. The summed E-state index contributed by atoms with van der Waals surface area (Å²) < 4.78 is 0.878. The van der Waals surface area contributed by atoms with E-state index in [0.717, 1.165) is 10.0 Å². The van der Waals surface area contributed by atoms with Gasteiger partial charge in [0.2, 0.25) is 0 Å². The third kappa shape index (κ3) is 2.87. The second-order valence-electron chi connectivity index (χ2n) is 3.84. The minimum atomic E-state index is -0.439. The molecule has 0 radical (unpaired) electrons. The highest BCUT2D eigenvalue weighted by atomic mass is 79.9. The summed E-state index contributed by atoms with van der Waals surface area (Å²) in [6.45, 7) is 1.93. The van der Waals surface area contributed by atoms with Crippen molar-refractivity contribution in [3.05, 3.63) is 52.3 Å². The molecule has 1 amide bonds. The Kier molecular flexibility index (Phi) is 3.62. The summed E-state index contributed by atoms with van der Waals surface area (Å²) in [6, 6.07) is 8.55. The van der Waals surface area contributed by atoms with Crippen LogP contribution in [-0.2, 0) is 0 Å². The molecule has 18 heavy (non-hydrogen) atoms. The lowest BCUT2D eigenvalue weighted by molar-refractivity contribution is 0.101. The number of amides is 1. The molecule has 1 aromatic carbocycles. The first kappa shape index (κ1) is 12.6. The molecule has 0 unspecified atom stereocenters. The molecule has 92 valence electrons. The Bertz CT molecular complexity index is 579. The van der Waals surface area contributed by atoms with Gasteiger partial charge in [-0.2, -0.15) is 0 Å². The van der Waals surface area contributed by atoms with Crippen LogP contribution in [0.25, 0.3) is 0 Å². The number of halogens is 1. The van der Waals surface area contributed by atoms with Gasteiger partial charge in [0, 0.05) is 16.4 Å². The molecule has 0 aliphatic carbocycles. The molecule has 0 saturated carbocycles. The van der Waals surface area contributed by atoms with E-state index in [2.05, 4.69) is 26.2 Å². The van der Waals surface area contributed by atoms with E-state index < -0.39 is 5.91 Å². The predicted molar refractivity (Wildman–Crippen MR) is 72.7 cm³/mol. The fraction of sp³-hybridized carbons (Fsp3) is 0.0769. The van der Waals surface area contributed by atoms with Crippen molar-refractivity contribution in [1.29, 1.82) is 0 Å². The van der Waals surface area contributed by atoms with Gasteiger partial charge in [0.1, 0.15) is 5.75 Å². The van der Waals surface area contributed by atoms with Crippen molar-refractivity contribution in [3.8, 4) is 5.75 Å². The van der Waals surface area contributed by atoms with Crippen LogP contribution >= 0.6 is 15.9 Å². The number of hydrogen-bond donors (Lipinski definition) is 2. The van der Waals surface area contributed by atoms with E-state index in [1.54, 1.807) is 12.1 Å². The van der Waals surface area contributed by atoms with Crippen molar-refractivity contribution in [1.82, 2.24) is 4.98 Å². The average Bonchev–Trinajstić information content (AvgIpc) is 2.27. The molecule has 0 aliphatic rings. The average molecular weight is 307 g/mol. The second-order valence-corrected chi connectivity index (χ2v) is 4.76. The zero-order valence-corrected chi connectivity index (χ0v) is 11.2. The number of nitrogens with one attached hydrogen (secondary N) is 1. The van der Waals surface area contributed by atoms with Crippen LogP contribution in [0.15, 0.2) is 41.0 Å². The van der Waals surface area contributed by atoms with Crippen LogP contribution in [0.3, 0.4) is 0 Å². The van der Waals surface area contributed by atoms with E-state index in [4.69, 9.17) is 0 Å². The van der Waals surface area contributed by atoms with E-state index >= 15 is 0 Å². The van der Waals surface area contributed by atoms with Gasteiger partial charge >= 0.3 is 0 Å². The zero-order chi connectivity index (χ0) is 13.1. The first-order valence-electron chi connectivity index (χ1n) is 5.29. The number of nitrogens with zero attached hydrogens (tertiary/aromatic N) is 1. The Hall–Kier alpha value is -1.88. The Balaban J connectivity index is 2.24. The van der Waals surface area contributed by atoms with Crippen molar-refractivity contribution in [2.75, 3.05) is 5.32 Å². The quantitative estimate of drug-likeness (QED) is 0.896. The van der Waals surface area contributed by atoms with Crippen LogP contribution in [-0.4, -0.2) is 16.0 Å². The number of aromatic nitrogens is 1. The molecule has 2 aromatic rings. The van der Waals surface area contributed by atoms with Crippen molar-refractivity contribution in [2.45, 2.75) is 6.92 Å². The van der Waals surface area contributed by atoms with Crippen LogP contribution in [0.4, 0.5) is 5.69 Å². The molecule has 0 aliphatic heterocycles. The number of benzene rings is 1. The van der Waals surface area contributed by atoms with Crippen LogP contribution in [0.2, 0.25) is 0 Å². The van der Waals surface area contributed by atoms with Gasteiger partial charge in [0.05, 0.1) is 0 Å². The number of aromatic hydroxyl groups is 1. The fourth-order valence-corrected chi connectivity index (χ4v) is 2.18. The summed E-state index contributed by atoms with van der Waals surface area (Å²) in [4.78, 5) is 15.8. The predicted octanol–water partition coefficient (Wildman–Crippen LogP) is 3.11. The van der Waals surface area contributed by atoms with Crippen molar-refractivity contribution in [2.24, 2.45) is 0 Å². The third-order valence-electron chi connectivity index (χ3n) is 2.30. The SMILES string of the molecule is Cc1cc(Br)cc(NC(=O)c2ncccc2O)c1. The number of rotatable bonds is 2.